The summed E-state index contributed by atoms with van der Waals surface area (Å²) in [6, 6.07) is 9.07. The molecule has 1 rings (SSSR count). The molecule has 2 atom stereocenters. The van der Waals surface area contributed by atoms with Gasteiger partial charge in [0.05, 0.1) is 19.1 Å². The Kier molecular flexibility index (Phi) is 3.65. The Balaban J connectivity index is 2.75. The summed E-state index contributed by atoms with van der Waals surface area (Å²) in [5.74, 6) is -0.941. The minimum absolute atomic E-state index is 0.402. The van der Waals surface area contributed by atoms with Crippen LogP contribution >= 0.6 is 0 Å². The normalized spacial score (nSPS) is 14.5. The standard InChI is InChI=1S/C11H14O3/c1-8(11(13)14-2)10(12)9-6-4-3-5-7-9/h3-8,10,12H,1-2H3/t8-,10+/m1/s1. The minimum atomic E-state index is -0.802. The molecule has 0 aliphatic heterocycles. The fourth-order valence-electron chi connectivity index (χ4n) is 1.25. The van der Waals surface area contributed by atoms with Crippen LogP contribution in [0.4, 0.5) is 0 Å². The van der Waals surface area contributed by atoms with E-state index in [0.717, 1.165) is 5.56 Å². The van der Waals surface area contributed by atoms with Gasteiger partial charge in [0.25, 0.3) is 0 Å². The molecule has 76 valence electrons. The van der Waals surface area contributed by atoms with Gasteiger partial charge in [-0.15, -0.1) is 0 Å². The number of aliphatic hydroxyl groups excluding tert-OH is 1. The number of benzene rings is 1. The molecule has 1 N–H and O–H groups in total. The van der Waals surface area contributed by atoms with Crippen LogP contribution in [0.1, 0.15) is 18.6 Å². The summed E-state index contributed by atoms with van der Waals surface area (Å²) < 4.78 is 4.56. The van der Waals surface area contributed by atoms with Gasteiger partial charge in [0.1, 0.15) is 0 Å². The topological polar surface area (TPSA) is 46.5 Å². The fraction of sp³-hybridized carbons (Fsp3) is 0.364. The van der Waals surface area contributed by atoms with E-state index in [2.05, 4.69) is 4.74 Å². The molecule has 0 bridgehead atoms. The van der Waals surface area contributed by atoms with Crippen LogP contribution in [0.3, 0.4) is 0 Å². The van der Waals surface area contributed by atoms with Crippen LogP contribution < -0.4 is 0 Å². The molecule has 0 radical (unpaired) electrons. The quantitative estimate of drug-likeness (QED) is 0.742. The van der Waals surface area contributed by atoms with E-state index in [4.69, 9.17) is 0 Å². The number of methoxy groups -OCH3 is 1. The van der Waals surface area contributed by atoms with Crippen LogP contribution in [-0.4, -0.2) is 18.2 Å². The average molecular weight is 194 g/mol. The average Bonchev–Trinajstić information content (AvgIpc) is 2.27. The molecule has 0 fully saturated rings. The van der Waals surface area contributed by atoms with E-state index in [1.54, 1.807) is 19.1 Å². The van der Waals surface area contributed by atoms with Crippen LogP contribution in [-0.2, 0) is 9.53 Å². The third kappa shape index (κ3) is 2.33. The van der Waals surface area contributed by atoms with E-state index in [1.165, 1.54) is 7.11 Å². The number of hydrogen-bond acceptors (Lipinski definition) is 3. The Labute approximate surface area is 83.3 Å². The van der Waals surface area contributed by atoms with E-state index in [9.17, 15) is 9.90 Å². The summed E-state index contributed by atoms with van der Waals surface area (Å²) in [7, 11) is 1.32. The second kappa shape index (κ2) is 4.77. The predicted molar refractivity (Wildman–Crippen MR) is 52.6 cm³/mol. The lowest BCUT2D eigenvalue weighted by molar-refractivity contribution is -0.148. The third-order valence-corrected chi connectivity index (χ3v) is 2.19. The van der Waals surface area contributed by atoms with Gasteiger partial charge in [-0.1, -0.05) is 30.3 Å². The minimum Gasteiger partial charge on any atom is -0.469 e. The predicted octanol–water partition coefficient (Wildman–Crippen LogP) is 1.53. The molecule has 0 spiro atoms. The van der Waals surface area contributed by atoms with Crippen molar-refractivity contribution in [1.29, 1.82) is 0 Å². The second-order valence-corrected chi connectivity index (χ2v) is 3.17. The Morgan fingerprint density at radius 1 is 1.36 bits per heavy atom. The first-order valence-electron chi connectivity index (χ1n) is 4.47. The molecular formula is C11H14O3. The van der Waals surface area contributed by atoms with Gasteiger partial charge in [0.2, 0.25) is 0 Å². The molecule has 1 aromatic carbocycles. The van der Waals surface area contributed by atoms with Gasteiger partial charge in [0.15, 0.2) is 0 Å². The number of carbonyl (C=O) groups excluding carboxylic acids is 1. The molecular weight excluding hydrogens is 180 g/mol. The van der Waals surface area contributed by atoms with Gasteiger partial charge in [-0.25, -0.2) is 0 Å². The number of aliphatic hydroxyl groups is 1. The molecule has 3 heteroatoms. The van der Waals surface area contributed by atoms with Crippen molar-refractivity contribution in [3.63, 3.8) is 0 Å². The van der Waals surface area contributed by atoms with Crippen molar-refractivity contribution in [2.45, 2.75) is 13.0 Å². The molecule has 0 heterocycles. The monoisotopic (exact) mass is 194 g/mol. The maximum Gasteiger partial charge on any atom is 0.311 e. The van der Waals surface area contributed by atoms with Crippen LogP contribution in [0.2, 0.25) is 0 Å². The first-order chi connectivity index (χ1) is 6.66. The SMILES string of the molecule is COC(=O)[C@H](C)[C@H](O)c1ccccc1. The Morgan fingerprint density at radius 3 is 2.43 bits per heavy atom. The van der Waals surface area contributed by atoms with E-state index in [-0.39, 0.29) is 0 Å². The van der Waals surface area contributed by atoms with E-state index in [0.29, 0.717) is 0 Å². The summed E-state index contributed by atoms with van der Waals surface area (Å²) in [5, 5.41) is 9.79. The maximum atomic E-state index is 11.1. The highest BCUT2D eigenvalue weighted by atomic mass is 16.5. The Bertz CT molecular complexity index is 295. The van der Waals surface area contributed by atoms with Gasteiger partial charge < -0.3 is 9.84 Å². The highest BCUT2D eigenvalue weighted by molar-refractivity contribution is 5.72. The zero-order chi connectivity index (χ0) is 10.6. The van der Waals surface area contributed by atoms with Gasteiger partial charge in [-0.05, 0) is 12.5 Å². The molecule has 0 aliphatic rings. The molecule has 0 amide bonds. The molecule has 0 aliphatic carbocycles. The van der Waals surface area contributed by atoms with Crippen LogP contribution in [0, 0.1) is 5.92 Å². The summed E-state index contributed by atoms with van der Waals surface area (Å²) in [6.45, 7) is 1.64. The fourth-order valence-corrected chi connectivity index (χ4v) is 1.25. The van der Waals surface area contributed by atoms with Crippen molar-refractivity contribution in [1.82, 2.24) is 0 Å². The Hall–Kier alpha value is -1.35. The number of hydrogen-bond donors (Lipinski definition) is 1. The highest BCUT2D eigenvalue weighted by Gasteiger charge is 2.23. The van der Waals surface area contributed by atoms with Crippen LogP contribution in [0.15, 0.2) is 30.3 Å². The van der Waals surface area contributed by atoms with E-state index < -0.39 is 18.0 Å². The lowest BCUT2D eigenvalue weighted by atomic mass is 9.98. The van der Waals surface area contributed by atoms with E-state index in [1.807, 2.05) is 18.2 Å². The van der Waals surface area contributed by atoms with Crippen molar-refractivity contribution in [2.24, 2.45) is 5.92 Å². The van der Waals surface area contributed by atoms with Crippen LogP contribution in [0.5, 0.6) is 0 Å². The van der Waals surface area contributed by atoms with Crippen molar-refractivity contribution >= 4 is 5.97 Å². The molecule has 3 nitrogen and oxygen atoms in total. The van der Waals surface area contributed by atoms with Gasteiger partial charge in [0, 0.05) is 0 Å². The lowest BCUT2D eigenvalue weighted by Gasteiger charge is -2.16. The molecule has 0 aromatic heterocycles. The van der Waals surface area contributed by atoms with E-state index >= 15 is 0 Å². The highest BCUT2D eigenvalue weighted by Crippen LogP contribution is 2.21. The summed E-state index contributed by atoms with van der Waals surface area (Å²) in [5.41, 5.74) is 0.727. The zero-order valence-electron chi connectivity index (χ0n) is 8.31. The Morgan fingerprint density at radius 2 is 1.93 bits per heavy atom. The van der Waals surface area contributed by atoms with Gasteiger partial charge in [-0.3, -0.25) is 4.79 Å². The molecule has 0 saturated carbocycles. The summed E-state index contributed by atoms with van der Waals surface area (Å²) in [4.78, 5) is 11.1. The molecule has 14 heavy (non-hydrogen) atoms. The summed E-state index contributed by atoms with van der Waals surface area (Å²) in [6.07, 6.45) is -0.802. The third-order valence-electron chi connectivity index (χ3n) is 2.19. The maximum absolute atomic E-state index is 11.1. The first-order valence-corrected chi connectivity index (χ1v) is 4.47. The first kappa shape index (κ1) is 10.7. The van der Waals surface area contributed by atoms with Gasteiger partial charge >= 0.3 is 5.97 Å². The molecule has 0 unspecified atom stereocenters. The second-order valence-electron chi connectivity index (χ2n) is 3.17. The van der Waals surface area contributed by atoms with Crippen molar-refractivity contribution in [3.8, 4) is 0 Å². The number of rotatable bonds is 3. The largest absolute Gasteiger partial charge is 0.469 e. The number of esters is 1. The lowest BCUT2D eigenvalue weighted by Crippen LogP contribution is -2.20. The van der Waals surface area contributed by atoms with Gasteiger partial charge in [-0.2, -0.15) is 0 Å². The van der Waals surface area contributed by atoms with Crippen molar-refractivity contribution in [2.75, 3.05) is 7.11 Å². The van der Waals surface area contributed by atoms with Crippen molar-refractivity contribution in [3.05, 3.63) is 35.9 Å². The summed E-state index contributed by atoms with van der Waals surface area (Å²) >= 11 is 0. The number of carbonyl (C=O) groups is 1. The smallest absolute Gasteiger partial charge is 0.311 e. The molecule has 1 aromatic rings. The van der Waals surface area contributed by atoms with Crippen LogP contribution in [0.25, 0.3) is 0 Å². The zero-order valence-corrected chi connectivity index (χ0v) is 8.31. The molecule has 0 saturated heterocycles. The number of ether oxygens (including phenoxy) is 1. The van der Waals surface area contributed by atoms with Crippen molar-refractivity contribution < 1.29 is 14.6 Å².